The maximum atomic E-state index is 12.8. The summed E-state index contributed by atoms with van der Waals surface area (Å²) in [6.07, 6.45) is -0.213. The van der Waals surface area contributed by atoms with Gasteiger partial charge in [0.1, 0.15) is 11.4 Å². The van der Waals surface area contributed by atoms with Gasteiger partial charge in [-0.25, -0.2) is 9.18 Å². The highest BCUT2D eigenvalue weighted by Gasteiger charge is 2.23. The van der Waals surface area contributed by atoms with Crippen LogP contribution in [0.5, 0.6) is 0 Å². The number of alkyl carbamates (subject to hydrolysis) is 1. The quantitative estimate of drug-likeness (QED) is 0.861. The Balaban J connectivity index is 2.73. The monoisotopic (exact) mass is 281 g/mol. The molecule has 4 nitrogen and oxygen atoms in total. The van der Waals surface area contributed by atoms with Gasteiger partial charge in [-0.05, 0) is 51.5 Å². The number of nitrogens with one attached hydrogen (secondary N) is 1. The van der Waals surface area contributed by atoms with Crippen LogP contribution >= 0.6 is 0 Å². The summed E-state index contributed by atoms with van der Waals surface area (Å²) >= 11 is 0. The van der Waals surface area contributed by atoms with E-state index in [2.05, 4.69) is 5.32 Å². The van der Waals surface area contributed by atoms with E-state index >= 15 is 0 Å². The third-order valence-electron chi connectivity index (χ3n) is 2.54. The minimum atomic E-state index is -0.685. The Bertz CT molecular complexity index is 477. The molecule has 0 saturated carbocycles. The zero-order valence-electron chi connectivity index (χ0n) is 12.2. The lowest BCUT2D eigenvalue weighted by molar-refractivity contribution is 0.0490. The molecule has 0 aliphatic carbocycles. The number of hydrogen-bond acceptors (Lipinski definition) is 3. The molecule has 1 aromatic rings. The third-order valence-corrected chi connectivity index (χ3v) is 2.54. The number of ketones is 1. The SMILES string of the molecule is CCC(NC(=O)OC(C)(C)C)C(=O)c1ccc(F)cc1. The van der Waals surface area contributed by atoms with E-state index in [4.69, 9.17) is 4.74 Å². The van der Waals surface area contributed by atoms with Gasteiger partial charge in [-0.1, -0.05) is 6.92 Å². The van der Waals surface area contributed by atoms with Crippen LogP contribution in [0.25, 0.3) is 0 Å². The average Bonchev–Trinajstić information content (AvgIpc) is 2.34. The summed E-state index contributed by atoms with van der Waals surface area (Å²) in [6, 6.07) is 4.55. The lowest BCUT2D eigenvalue weighted by atomic mass is 10.0. The summed E-state index contributed by atoms with van der Waals surface area (Å²) < 4.78 is 17.9. The molecular formula is C15H20FNO3. The van der Waals surface area contributed by atoms with Crippen LogP contribution < -0.4 is 5.32 Å². The van der Waals surface area contributed by atoms with Crippen molar-refractivity contribution in [2.75, 3.05) is 0 Å². The maximum Gasteiger partial charge on any atom is 0.408 e. The number of carbonyl (C=O) groups excluding carboxylic acids is 2. The summed E-state index contributed by atoms with van der Waals surface area (Å²) in [4.78, 5) is 23.9. The molecular weight excluding hydrogens is 261 g/mol. The van der Waals surface area contributed by atoms with Crippen molar-refractivity contribution in [1.29, 1.82) is 0 Å². The van der Waals surface area contributed by atoms with E-state index in [1.807, 2.05) is 0 Å². The minimum Gasteiger partial charge on any atom is -0.444 e. The van der Waals surface area contributed by atoms with Crippen molar-refractivity contribution >= 4 is 11.9 Å². The molecule has 0 aliphatic heterocycles. The topological polar surface area (TPSA) is 55.4 Å². The van der Waals surface area contributed by atoms with Gasteiger partial charge in [-0.15, -0.1) is 0 Å². The molecule has 5 heteroatoms. The molecule has 1 rings (SSSR count). The number of halogens is 1. The summed E-state index contributed by atoms with van der Waals surface area (Å²) in [5, 5.41) is 2.53. The van der Waals surface area contributed by atoms with Crippen molar-refractivity contribution in [2.24, 2.45) is 0 Å². The molecule has 1 N–H and O–H groups in total. The molecule has 0 aromatic heterocycles. The van der Waals surface area contributed by atoms with E-state index in [0.29, 0.717) is 12.0 Å². The van der Waals surface area contributed by atoms with E-state index in [-0.39, 0.29) is 5.78 Å². The smallest absolute Gasteiger partial charge is 0.408 e. The van der Waals surface area contributed by atoms with Gasteiger partial charge in [-0.3, -0.25) is 4.79 Å². The van der Waals surface area contributed by atoms with E-state index in [0.717, 1.165) is 0 Å². The van der Waals surface area contributed by atoms with Crippen molar-refractivity contribution in [3.05, 3.63) is 35.6 Å². The van der Waals surface area contributed by atoms with Gasteiger partial charge >= 0.3 is 6.09 Å². The fraction of sp³-hybridized carbons (Fsp3) is 0.467. The largest absolute Gasteiger partial charge is 0.444 e. The number of benzene rings is 1. The first-order chi connectivity index (χ1) is 9.23. The normalized spacial score (nSPS) is 12.7. The Morgan fingerprint density at radius 2 is 1.80 bits per heavy atom. The van der Waals surface area contributed by atoms with Crippen molar-refractivity contribution in [1.82, 2.24) is 5.32 Å². The van der Waals surface area contributed by atoms with Crippen LogP contribution in [0.4, 0.5) is 9.18 Å². The first kappa shape index (κ1) is 16.1. The predicted octanol–water partition coefficient (Wildman–Crippen LogP) is 3.31. The van der Waals surface area contributed by atoms with Crippen molar-refractivity contribution in [3.63, 3.8) is 0 Å². The maximum absolute atomic E-state index is 12.8. The van der Waals surface area contributed by atoms with Crippen LogP contribution in [-0.2, 0) is 4.74 Å². The summed E-state index contributed by atoms with van der Waals surface area (Å²) in [7, 11) is 0. The molecule has 1 atom stereocenters. The summed E-state index contributed by atoms with van der Waals surface area (Å²) in [5.41, 5.74) is -0.268. The molecule has 0 spiro atoms. The number of amides is 1. The lowest BCUT2D eigenvalue weighted by Crippen LogP contribution is -2.43. The number of Topliss-reactive ketones (excluding diaryl/α,β-unsaturated/α-hetero) is 1. The number of hydrogen-bond donors (Lipinski definition) is 1. The Morgan fingerprint density at radius 1 is 1.25 bits per heavy atom. The van der Waals surface area contributed by atoms with Gasteiger partial charge in [0.05, 0.1) is 6.04 Å². The lowest BCUT2D eigenvalue weighted by Gasteiger charge is -2.22. The van der Waals surface area contributed by atoms with Gasteiger partial charge in [-0.2, -0.15) is 0 Å². The zero-order chi connectivity index (χ0) is 15.3. The first-order valence-corrected chi connectivity index (χ1v) is 6.52. The Labute approximate surface area is 118 Å². The zero-order valence-corrected chi connectivity index (χ0v) is 12.2. The third kappa shape index (κ3) is 4.99. The van der Waals surface area contributed by atoms with E-state index < -0.39 is 23.6 Å². The molecule has 0 saturated heterocycles. The Morgan fingerprint density at radius 3 is 2.25 bits per heavy atom. The van der Waals surface area contributed by atoms with Crippen LogP contribution in [0, 0.1) is 5.82 Å². The van der Waals surface area contributed by atoms with E-state index in [1.165, 1.54) is 24.3 Å². The van der Waals surface area contributed by atoms with Gasteiger partial charge in [0.25, 0.3) is 0 Å². The van der Waals surface area contributed by atoms with Crippen molar-refractivity contribution in [2.45, 2.75) is 45.8 Å². The second-order valence-electron chi connectivity index (χ2n) is 5.48. The highest BCUT2D eigenvalue weighted by molar-refractivity contribution is 6.01. The Hall–Kier alpha value is -1.91. The summed E-state index contributed by atoms with van der Waals surface area (Å²) in [5.74, 6) is -0.673. The van der Waals surface area contributed by atoms with Crippen LogP contribution in [0.3, 0.4) is 0 Å². The fourth-order valence-corrected chi connectivity index (χ4v) is 1.62. The number of carbonyl (C=O) groups is 2. The molecule has 0 radical (unpaired) electrons. The fourth-order valence-electron chi connectivity index (χ4n) is 1.62. The minimum absolute atomic E-state index is 0.265. The number of ether oxygens (including phenoxy) is 1. The van der Waals surface area contributed by atoms with Crippen LogP contribution in [0.15, 0.2) is 24.3 Å². The van der Waals surface area contributed by atoms with E-state index in [1.54, 1.807) is 27.7 Å². The van der Waals surface area contributed by atoms with Crippen LogP contribution in [0.1, 0.15) is 44.5 Å². The van der Waals surface area contributed by atoms with Crippen molar-refractivity contribution < 1.29 is 18.7 Å². The molecule has 1 amide bonds. The molecule has 0 aliphatic rings. The molecule has 20 heavy (non-hydrogen) atoms. The molecule has 0 heterocycles. The highest BCUT2D eigenvalue weighted by Crippen LogP contribution is 2.10. The predicted molar refractivity (Wildman–Crippen MR) is 74.2 cm³/mol. The van der Waals surface area contributed by atoms with Gasteiger partial charge in [0, 0.05) is 5.56 Å². The molecule has 1 aromatic carbocycles. The van der Waals surface area contributed by atoms with Crippen molar-refractivity contribution in [3.8, 4) is 0 Å². The Kier molecular flexibility index (Phi) is 5.25. The first-order valence-electron chi connectivity index (χ1n) is 6.52. The van der Waals surface area contributed by atoms with Gasteiger partial charge in [0.2, 0.25) is 0 Å². The van der Waals surface area contributed by atoms with Gasteiger partial charge in [0.15, 0.2) is 5.78 Å². The second kappa shape index (κ2) is 6.50. The van der Waals surface area contributed by atoms with E-state index in [9.17, 15) is 14.0 Å². The average molecular weight is 281 g/mol. The molecule has 0 fully saturated rings. The highest BCUT2D eigenvalue weighted by atomic mass is 19.1. The van der Waals surface area contributed by atoms with Crippen LogP contribution in [-0.4, -0.2) is 23.5 Å². The van der Waals surface area contributed by atoms with Crippen LogP contribution in [0.2, 0.25) is 0 Å². The second-order valence-corrected chi connectivity index (χ2v) is 5.48. The number of rotatable bonds is 4. The standard InChI is InChI=1S/C15H20FNO3/c1-5-12(17-14(19)20-15(2,3)4)13(18)10-6-8-11(16)9-7-10/h6-9,12H,5H2,1-4H3,(H,17,19). The molecule has 1 unspecified atom stereocenters. The molecule has 0 bridgehead atoms. The van der Waals surface area contributed by atoms with Gasteiger partial charge < -0.3 is 10.1 Å². The molecule has 110 valence electrons. The summed E-state index contributed by atoms with van der Waals surface area (Å²) in [6.45, 7) is 7.02.